The third kappa shape index (κ3) is 2.47. The average Bonchev–Trinajstić information content (AvgIpc) is 3.24. The molecule has 0 bridgehead atoms. The van der Waals surface area contributed by atoms with E-state index in [2.05, 4.69) is 37.3 Å². The summed E-state index contributed by atoms with van der Waals surface area (Å²) in [6.07, 6.45) is 8.80. The molecular formula is C17H24O. The first kappa shape index (κ1) is 12.2. The van der Waals surface area contributed by atoms with Crippen molar-refractivity contribution in [3.63, 3.8) is 0 Å². The SMILES string of the molecule is CC(CC1CO1)(c1ccccc1)C1CCCCC1. The fourth-order valence-corrected chi connectivity index (χ4v) is 3.74. The lowest BCUT2D eigenvalue weighted by Gasteiger charge is -2.40. The van der Waals surface area contributed by atoms with Crippen molar-refractivity contribution in [1.29, 1.82) is 0 Å². The van der Waals surface area contributed by atoms with E-state index in [0.717, 1.165) is 12.5 Å². The minimum atomic E-state index is 0.322. The largest absolute Gasteiger partial charge is 0.373 e. The highest BCUT2D eigenvalue weighted by atomic mass is 16.6. The minimum absolute atomic E-state index is 0.322. The number of benzene rings is 1. The van der Waals surface area contributed by atoms with Gasteiger partial charge in [0.25, 0.3) is 0 Å². The Bertz CT molecular complexity index is 376. The van der Waals surface area contributed by atoms with Crippen molar-refractivity contribution in [3.8, 4) is 0 Å². The van der Waals surface area contributed by atoms with Crippen LogP contribution in [0.25, 0.3) is 0 Å². The quantitative estimate of drug-likeness (QED) is 0.719. The molecule has 2 atom stereocenters. The van der Waals surface area contributed by atoms with Crippen molar-refractivity contribution in [2.75, 3.05) is 6.61 Å². The molecule has 1 aliphatic heterocycles. The van der Waals surface area contributed by atoms with Crippen LogP contribution in [0.4, 0.5) is 0 Å². The van der Waals surface area contributed by atoms with Gasteiger partial charge in [0, 0.05) is 0 Å². The standard InChI is InChI=1S/C17H24O/c1-17(12-16-13-18-16,14-8-4-2-5-9-14)15-10-6-3-7-11-15/h2,4-5,8-9,15-16H,3,6-7,10-13H2,1H3. The van der Waals surface area contributed by atoms with Gasteiger partial charge in [-0.2, -0.15) is 0 Å². The molecule has 0 radical (unpaired) electrons. The predicted octanol–water partition coefficient (Wildman–Crippen LogP) is 4.31. The van der Waals surface area contributed by atoms with Crippen molar-refractivity contribution >= 4 is 0 Å². The van der Waals surface area contributed by atoms with Crippen LogP contribution in [0.2, 0.25) is 0 Å². The highest BCUT2D eigenvalue weighted by Gasteiger charge is 2.41. The number of rotatable bonds is 4. The molecule has 2 aliphatic rings. The van der Waals surface area contributed by atoms with Crippen LogP contribution in [0.5, 0.6) is 0 Å². The molecule has 1 heteroatoms. The van der Waals surface area contributed by atoms with Crippen LogP contribution in [-0.2, 0) is 10.2 Å². The molecule has 1 aromatic carbocycles. The van der Waals surface area contributed by atoms with Gasteiger partial charge in [-0.3, -0.25) is 0 Å². The van der Waals surface area contributed by atoms with Gasteiger partial charge in [-0.1, -0.05) is 56.5 Å². The molecule has 2 fully saturated rings. The van der Waals surface area contributed by atoms with Crippen molar-refractivity contribution in [3.05, 3.63) is 35.9 Å². The van der Waals surface area contributed by atoms with Crippen LogP contribution in [0, 0.1) is 5.92 Å². The maximum absolute atomic E-state index is 5.52. The van der Waals surface area contributed by atoms with E-state index in [9.17, 15) is 0 Å². The van der Waals surface area contributed by atoms with Crippen LogP contribution in [-0.4, -0.2) is 12.7 Å². The van der Waals surface area contributed by atoms with Gasteiger partial charge < -0.3 is 4.74 Å². The lowest BCUT2D eigenvalue weighted by molar-refractivity contribution is 0.189. The summed E-state index contributed by atoms with van der Waals surface area (Å²) in [7, 11) is 0. The molecule has 1 saturated carbocycles. The topological polar surface area (TPSA) is 12.5 Å². The Morgan fingerprint density at radius 1 is 1.11 bits per heavy atom. The Morgan fingerprint density at radius 3 is 2.39 bits per heavy atom. The van der Waals surface area contributed by atoms with Gasteiger partial charge in [0.2, 0.25) is 0 Å². The van der Waals surface area contributed by atoms with E-state index in [0.29, 0.717) is 11.5 Å². The van der Waals surface area contributed by atoms with Gasteiger partial charge in [0.15, 0.2) is 0 Å². The van der Waals surface area contributed by atoms with Gasteiger partial charge in [0.1, 0.15) is 0 Å². The maximum Gasteiger partial charge on any atom is 0.0818 e. The van der Waals surface area contributed by atoms with E-state index in [1.54, 1.807) is 0 Å². The third-order valence-corrected chi connectivity index (χ3v) is 4.99. The van der Waals surface area contributed by atoms with Gasteiger partial charge in [-0.15, -0.1) is 0 Å². The van der Waals surface area contributed by atoms with Crippen LogP contribution >= 0.6 is 0 Å². The molecule has 1 aromatic rings. The molecule has 0 N–H and O–H groups in total. The molecule has 0 aromatic heterocycles. The zero-order valence-electron chi connectivity index (χ0n) is 11.4. The highest BCUT2D eigenvalue weighted by molar-refractivity contribution is 5.26. The normalized spacial score (nSPS) is 27.7. The van der Waals surface area contributed by atoms with Crippen LogP contribution in [0.1, 0.15) is 51.0 Å². The fourth-order valence-electron chi connectivity index (χ4n) is 3.74. The van der Waals surface area contributed by atoms with Crippen molar-refractivity contribution in [2.24, 2.45) is 5.92 Å². The summed E-state index contributed by atoms with van der Waals surface area (Å²) >= 11 is 0. The first-order chi connectivity index (χ1) is 8.79. The van der Waals surface area contributed by atoms with E-state index < -0.39 is 0 Å². The predicted molar refractivity (Wildman–Crippen MR) is 74.7 cm³/mol. The fraction of sp³-hybridized carbons (Fsp3) is 0.647. The van der Waals surface area contributed by atoms with Crippen LogP contribution < -0.4 is 0 Å². The van der Waals surface area contributed by atoms with Gasteiger partial charge in [-0.05, 0) is 36.2 Å². The second kappa shape index (κ2) is 5.05. The lowest BCUT2D eigenvalue weighted by atomic mass is 9.64. The second-order valence-corrected chi connectivity index (χ2v) is 6.28. The zero-order valence-corrected chi connectivity index (χ0v) is 11.4. The average molecular weight is 244 g/mol. The zero-order chi connectivity index (χ0) is 12.4. The maximum atomic E-state index is 5.52. The molecule has 98 valence electrons. The molecule has 1 nitrogen and oxygen atoms in total. The summed E-state index contributed by atoms with van der Waals surface area (Å²) in [5.41, 5.74) is 1.84. The number of ether oxygens (including phenoxy) is 1. The van der Waals surface area contributed by atoms with Gasteiger partial charge >= 0.3 is 0 Å². The summed E-state index contributed by atoms with van der Waals surface area (Å²) in [5, 5.41) is 0. The van der Waals surface area contributed by atoms with Crippen molar-refractivity contribution in [2.45, 2.75) is 57.0 Å². The Balaban J connectivity index is 1.86. The Kier molecular flexibility index (Phi) is 3.43. The van der Waals surface area contributed by atoms with Crippen molar-refractivity contribution < 1.29 is 4.74 Å². The Labute approximate surface area is 111 Å². The summed E-state index contributed by atoms with van der Waals surface area (Å²) in [6.45, 7) is 3.45. The highest BCUT2D eigenvalue weighted by Crippen LogP contribution is 2.45. The van der Waals surface area contributed by atoms with E-state index in [4.69, 9.17) is 4.74 Å². The summed E-state index contributed by atoms with van der Waals surface area (Å²) in [5.74, 6) is 0.845. The number of hydrogen-bond donors (Lipinski definition) is 0. The van der Waals surface area contributed by atoms with Crippen LogP contribution in [0.15, 0.2) is 30.3 Å². The van der Waals surface area contributed by atoms with E-state index >= 15 is 0 Å². The van der Waals surface area contributed by atoms with Crippen LogP contribution in [0.3, 0.4) is 0 Å². The third-order valence-electron chi connectivity index (χ3n) is 4.99. The Hall–Kier alpha value is -0.820. The summed E-state index contributed by atoms with van der Waals surface area (Å²) in [4.78, 5) is 0. The molecule has 1 heterocycles. The summed E-state index contributed by atoms with van der Waals surface area (Å²) in [6, 6.07) is 11.1. The molecule has 1 aliphatic carbocycles. The molecular weight excluding hydrogens is 220 g/mol. The van der Waals surface area contributed by atoms with Gasteiger partial charge in [0.05, 0.1) is 12.7 Å². The first-order valence-corrected chi connectivity index (χ1v) is 7.46. The molecule has 0 spiro atoms. The van der Waals surface area contributed by atoms with Gasteiger partial charge in [-0.25, -0.2) is 0 Å². The van der Waals surface area contributed by atoms with E-state index in [-0.39, 0.29) is 0 Å². The van der Waals surface area contributed by atoms with E-state index in [1.807, 2.05) is 0 Å². The number of hydrogen-bond acceptors (Lipinski definition) is 1. The molecule has 1 saturated heterocycles. The first-order valence-electron chi connectivity index (χ1n) is 7.46. The molecule has 2 unspecified atom stereocenters. The second-order valence-electron chi connectivity index (χ2n) is 6.28. The summed E-state index contributed by atoms with van der Waals surface area (Å²) < 4.78 is 5.52. The monoisotopic (exact) mass is 244 g/mol. The molecule has 3 rings (SSSR count). The smallest absolute Gasteiger partial charge is 0.0818 e. The lowest BCUT2D eigenvalue weighted by Crippen LogP contribution is -2.35. The van der Waals surface area contributed by atoms with E-state index in [1.165, 1.54) is 44.1 Å². The Morgan fingerprint density at radius 2 is 1.78 bits per heavy atom. The molecule has 18 heavy (non-hydrogen) atoms. The molecule has 0 amide bonds. The van der Waals surface area contributed by atoms with Crippen molar-refractivity contribution in [1.82, 2.24) is 0 Å². The number of epoxide rings is 1. The minimum Gasteiger partial charge on any atom is -0.373 e.